The zero-order chi connectivity index (χ0) is 19.4. The van der Waals surface area contributed by atoms with E-state index in [2.05, 4.69) is 31.6 Å². The van der Waals surface area contributed by atoms with Crippen LogP contribution in [-0.4, -0.2) is 51.2 Å². The van der Waals surface area contributed by atoms with E-state index in [1.165, 1.54) is 0 Å². The van der Waals surface area contributed by atoms with Gasteiger partial charge in [-0.05, 0) is 46.5 Å². The van der Waals surface area contributed by atoms with E-state index in [4.69, 9.17) is 9.47 Å². The predicted octanol–water partition coefficient (Wildman–Crippen LogP) is 3.11. The molecular weight excluding hydrogens is 539 g/mol. The fourth-order valence-corrected chi connectivity index (χ4v) is 4.38. The van der Waals surface area contributed by atoms with Gasteiger partial charge in [-0.3, -0.25) is 9.79 Å². The molecule has 1 aromatic carbocycles. The topological polar surface area (TPSA) is 75.2 Å². The molecule has 1 aromatic rings. The number of nitrogens with zero attached hydrogens (tertiary/aromatic N) is 2. The van der Waals surface area contributed by atoms with E-state index >= 15 is 0 Å². The number of guanidine groups is 1. The molecule has 156 valence electrons. The van der Waals surface area contributed by atoms with Gasteiger partial charge in [-0.1, -0.05) is 12.8 Å². The fraction of sp³-hybridized carbons (Fsp3) is 0.579. The third-order valence-corrected chi connectivity index (χ3v) is 5.77. The summed E-state index contributed by atoms with van der Waals surface area (Å²) < 4.78 is 11.8. The summed E-state index contributed by atoms with van der Waals surface area (Å²) in [5.41, 5.74) is 0.720. The van der Waals surface area contributed by atoms with E-state index in [1.54, 1.807) is 11.9 Å². The largest absolute Gasteiger partial charge is 0.454 e. The van der Waals surface area contributed by atoms with Crippen LogP contribution >= 0.6 is 39.9 Å². The highest BCUT2D eigenvalue weighted by atomic mass is 127. The molecule has 2 N–H and O–H groups in total. The van der Waals surface area contributed by atoms with E-state index in [9.17, 15) is 4.79 Å². The van der Waals surface area contributed by atoms with Crippen LogP contribution in [0.4, 0.5) is 0 Å². The van der Waals surface area contributed by atoms with Crippen LogP contribution in [0.15, 0.2) is 21.6 Å². The van der Waals surface area contributed by atoms with Crippen molar-refractivity contribution in [3.05, 3.63) is 22.2 Å². The lowest BCUT2D eigenvalue weighted by Gasteiger charge is -2.31. The van der Waals surface area contributed by atoms with Crippen molar-refractivity contribution in [1.82, 2.24) is 15.5 Å². The molecule has 1 heterocycles. The minimum absolute atomic E-state index is 0. The zero-order valence-electron chi connectivity index (χ0n) is 16.5. The van der Waals surface area contributed by atoms with E-state index in [-0.39, 0.29) is 42.1 Å². The molecule has 0 radical (unpaired) electrons. The van der Waals surface area contributed by atoms with Gasteiger partial charge in [0.25, 0.3) is 0 Å². The van der Waals surface area contributed by atoms with Crippen LogP contribution < -0.4 is 20.1 Å². The molecule has 1 amide bonds. The number of halogens is 2. The van der Waals surface area contributed by atoms with Crippen LogP contribution in [0.25, 0.3) is 0 Å². The maximum Gasteiger partial charge on any atom is 0.231 e. The maximum atomic E-state index is 12.7. The number of carbonyl (C=O) groups is 1. The Morgan fingerprint density at radius 1 is 1.25 bits per heavy atom. The molecular formula is C19H28BrIN4O3. The van der Waals surface area contributed by atoms with Crippen molar-refractivity contribution in [2.45, 2.75) is 32.2 Å². The van der Waals surface area contributed by atoms with Crippen molar-refractivity contribution >= 4 is 51.8 Å². The molecule has 0 aromatic heterocycles. The average molecular weight is 567 g/mol. The van der Waals surface area contributed by atoms with Gasteiger partial charge in [0.1, 0.15) is 0 Å². The monoisotopic (exact) mass is 566 g/mol. The van der Waals surface area contributed by atoms with Gasteiger partial charge in [0, 0.05) is 34.2 Å². The SMILES string of the molecule is CN=C(NCc1cc(Br)c2c(c1)OCO2)NCC1(C(=O)N(C)C)CCCC1.I. The zero-order valence-corrected chi connectivity index (χ0v) is 20.4. The summed E-state index contributed by atoms with van der Waals surface area (Å²) in [6, 6.07) is 3.96. The predicted molar refractivity (Wildman–Crippen MR) is 123 cm³/mol. The normalized spacial score (nSPS) is 17.1. The quantitative estimate of drug-likeness (QED) is 0.325. The highest BCUT2D eigenvalue weighted by Gasteiger charge is 2.42. The van der Waals surface area contributed by atoms with Gasteiger partial charge in [0.15, 0.2) is 17.5 Å². The molecule has 28 heavy (non-hydrogen) atoms. The lowest BCUT2D eigenvalue weighted by Crippen LogP contribution is -2.49. The molecule has 0 spiro atoms. The van der Waals surface area contributed by atoms with Gasteiger partial charge in [0.05, 0.1) is 9.89 Å². The lowest BCUT2D eigenvalue weighted by molar-refractivity contribution is -0.138. The molecule has 1 saturated carbocycles. The van der Waals surface area contributed by atoms with E-state index in [0.29, 0.717) is 19.0 Å². The molecule has 0 saturated heterocycles. The highest BCUT2D eigenvalue weighted by molar-refractivity contribution is 14.0. The summed E-state index contributed by atoms with van der Waals surface area (Å²) in [5.74, 6) is 2.36. The van der Waals surface area contributed by atoms with Crippen molar-refractivity contribution in [1.29, 1.82) is 0 Å². The van der Waals surface area contributed by atoms with E-state index < -0.39 is 0 Å². The number of rotatable bonds is 5. The number of ether oxygens (including phenoxy) is 2. The van der Waals surface area contributed by atoms with Crippen molar-refractivity contribution in [3.63, 3.8) is 0 Å². The molecule has 7 nitrogen and oxygen atoms in total. The fourth-order valence-electron chi connectivity index (χ4n) is 3.77. The molecule has 2 aliphatic rings. The molecule has 1 aliphatic carbocycles. The van der Waals surface area contributed by atoms with Gasteiger partial charge < -0.3 is 25.0 Å². The van der Waals surface area contributed by atoms with Crippen LogP contribution in [0.5, 0.6) is 11.5 Å². The van der Waals surface area contributed by atoms with Crippen LogP contribution in [0.3, 0.4) is 0 Å². The first-order valence-electron chi connectivity index (χ1n) is 9.19. The van der Waals surface area contributed by atoms with Crippen LogP contribution in [0.1, 0.15) is 31.2 Å². The Morgan fingerprint density at radius 3 is 2.61 bits per heavy atom. The lowest BCUT2D eigenvalue weighted by atomic mass is 9.84. The van der Waals surface area contributed by atoms with Gasteiger partial charge in [-0.25, -0.2) is 0 Å². The highest BCUT2D eigenvalue weighted by Crippen LogP contribution is 2.40. The number of amides is 1. The number of aliphatic imine (C=N–C) groups is 1. The maximum absolute atomic E-state index is 12.7. The van der Waals surface area contributed by atoms with Crippen LogP contribution in [0, 0.1) is 5.41 Å². The summed E-state index contributed by atoms with van der Waals surface area (Å²) in [6.45, 7) is 1.42. The standard InChI is InChI=1S/C19H27BrN4O3.HI/c1-21-18(23-11-19(6-4-5-7-19)17(25)24(2)3)22-10-13-8-14(20)16-15(9-13)26-12-27-16;/h8-9H,4-7,10-12H2,1-3H3,(H2,21,22,23);1H. The second kappa shape index (κ2) is 10.00. The minimum atomic E-state index is -0.330. The number of nitrogens with one attached hydrogen (secondary N) is 2. The van der Waals surface area contributed by atoms with Gasteiger partial charge in [0.2, 0.25) is 12.7 Å². The first-order chi connectivity index (χ1) is 12.9. The first kappa shape index (κ1) is 23.1. The number of fused-ring (bicyclic) bond motifs is 1. The molecule has 0 bridgehead atoms. The number of benzene rings is 1. The minimum Gasteiger partial charge on any atom is -0.454 e. The summed E-state index contributed by atoms with van der Waals surface area (Å²) in [4.78, 5) is 18.7. The summed E-state index contributed by atoms with van der Waals surface area (Å²) in [5, 5.41) is 6.66. The number of hydrogen-bond donors (Lipinski definition) is 2. The first-order valence-corrected chi connectivity index (χ1v) is 9.99. The van der Waals surface area contributed by atoms with E-state index in [0.717, 1.165) is 47.2 Å². The Labute approximate surface area is 191 Å². The number of carbonyl (C=O) groups excluding carboxylic acids is 1. The van der Waals surface area contributed by atoms with Gasteiger partial charge in [-0.2, -0.15) is 0 Å². The smallest absolute Gasteiger partial charge is 0.231 e. The van der Waals surface area contributed by atoms with Gasteiger partial charge in [-0.15, -0.1) is 24.0 Å². The Kier molecular flexibility index (Phi) is 8.23. The third-order valence-electron chi connectivity index (χ3n) is 5.19. The molecule has 1 aliphatic heterocycles. The Bertz CT molecular complexity index is 736. The second-order valence-corrected chi connectivity index (χ2v) is 8.13. The van der Waals surface area contributed by atoms with Crippen molar-refractivity contribution in [2.24, 2.45) is 10.4 Å². The molecule has 0 atom stereocenters. The number of hydrogen-bond acceptors (Lipinski definition) is 4. The van der Waals surface area contributed by atoms with Crippen molar-refractivity contribution in [3.8, 4) is 11.5 Å². The third kappa shape index (κ3) is 5.03. The molecule has 1 fully saturated rings. The Hall–Kier alpha value is -1.23. The van der Waals surface area contributed by atoms with Crippen molar-refractivity contribution < 1.29 is 14.3 Å². The van der Waals surface area contributed by atoms with Crippen LogP contribution in [-0.2, 0) is 11.3 Å². The second-order valence-electron chi connectivity index (χ2n) is 7.28. The average Bonchev–Trinajstić information content (AvgIpc) is 3.31. The molecule has 9 heteroatoms. The summed E-state index contributed by atoms with van der Waals surface area (Å²) in [7, 11) is 5.39. The Morgan fingerprint density at radius 2 is 1.96 bits per heavy atom. The molecule has 3 rings (SSSR count). The van der Waals surface area contributed by atoms with Crippen molar-refractivity contribution in [2.75, 3.05) is 34.5 Å². The van der Waals surface area contributed by atoms with Crippen LogP contribution in [0.2, 0.25) is 0 Å². The summed E-state index contributed by atoms with van der Waals surface area (Å²) >= 11 is 3.51. The summed E-state index contributed by atoms with van der Waals surface area (Å²) in [6.07, 6.45) is 4.03. The van der Waals surface area contributed by atoms with Gasteiger partial charge >= 0.3 is 0 Å². The molecule has 0 unspecified atom stereocenters. The van der Waals surface area contributed by atoms with E-state index in [1.807, 2.05) is 26.2 Å². The Balaban J connectivity index is 0.00000280.